The molecule has 94 valence electrons. The first-order chi connectivity index (χ1) is 8.08. The predicted octanol–water partition coefficient (Wildman–Crippen LogP) is 2.59. The molecule has 17 heavy (non-hydrogen) atoms. The van der Waals surface area contributed by atoms with Crippen molar-refractivity contribution in [2.24, 2.45) is 11.7 Å². The third kappa shape index (κ3) is 3.30. The van der Waals surface area contributed by atoms with Crippen LogP contribution in [0.2, 0.25) is 0 Å². The van der Waals surface area contributed by atoms with E-state index in [1.165, 1.54) is 31.4 Å². The van der Waals surface area contributed by atoms with E-state index in [0.29, 0.717) is 0 Å². The van der Waals surface area contributed by atoms with Crippen LogP contribution in [0.4, 0.5) is 0 Å². The number of likely N-dealkylation sites (N-methyl/N-ethyl adjacent to an activating group) is 1. The van der Waals surface area contributed by atoms with Crippen molar-refractivity contribution < 1.29 is 0 Å². The molecule has 1 aromatic carbocycles. The SMILES string of the molecule is CN(CC1CCC1)CC(C)(N)c1ccccc1. The molecule has 0 aliphatic heterocycles. The zero-order valence-corrected chi connectivity index (χ0v) is 11.0. The summed E-state index contributed by atoms with van der Waals surface area (Å²) in [5.74, 6) is 0.909. The van der Waals surface area contributed by atoms with Crippen LogP contribution in [0.25, 0.3) is 0 Å². The van der Waals surface area contributed by atoms with Crippen molar-refractivity contribution in [2.75, 3.05) is 20.1 Å². The van der Waals surface area contributed by atoms with Crippen molar-refractivity contribution in [3.8, 4) is 0 Å². The normalized spacial score (nSPS) is 20.0. The maximum absolute atomic E-state index is 6.43. The van der Waals surface area contributed by atoms with E-state index in [-0.39, 0.29) is 5.54 Å². The second-order valence-corrected chi connectivity index (χ2v) is 5.78. The van der Waals surface area contributed by atoms with Gasteiger partial charge >= 0.3 is 0 Å². The van der Waals surface area contributed by atoms with E-state index in [0.717, 1.165) is 12.5 Å². The number of nitrogens with zero attached hydrogens (tertiary/aromatic N) is 1. The topological polar surface area (TPSA) is 29.3 Å². The van der Waals surface area contributed by atoms with Gasteiger partial charge in [0.05, 0.1) is 5.54 Å². The third-order valence-corrected chi connectivity index (χ3v) is 3.83. The number of benzene rings is 1. The maximum Gasteiger partial charge on any atom is 0.0509 e. The van der Waals surface area contributed by atoms with Gasteiger partial charge in [0.15, 0.2) is 0 Å². The molecule has 0 aromatic heterocycles. The number of hydrogen-bond acceptors (Lipinski definition) is 2. The third-order valence-electron chi connectivity index (χ3n) is 3.83. The maximum atomic E-state index is 6.43. The van der Waals surface area contributed by atoms with Crippen LogP contribution in [0.1, 0.15) is 31.7 Å². The van der Waals surface area contributed by atoms with Crippen LogP contribution in [-0.2, 0) is 5.54 Å². The molecule has 1 unspecified atom stereocenters. The second kappa shape index (κ2) is 5.19. The fourth-order valence-corrected chi connectivity index (χ4v) is 2.65. The first-order valence-corrected chi connectivity index (χ1v) is 6.61. The monoisotopic (exact) mass is 232 g/mol. The summed E-state index contributed by atoms with van der Waals surface area (Å²) in [5.41, 5.74) is 7.40. The standard InChI is InChI=1S/C15H24N2/c1-15(16,14-9-4-3-5-10-14)12-17(2)11-13-7-6-8-13/h3-5,9-10,13H,6-8,11-12,16H2,1-2H3. The molecule has 0 amide bonds. The van der Waals surface area contributed by atoms with Crippen molar-refractivity contribution in [1.29, 1.82) is 0 Å². The molecule has 1 fully saturated rings. The molecule has 2 heteroatoms. The summed E-state index contributed by atoms with van der Waals surface area (Å²) in [6, 6.07) is 10.4. The summed E-state index contributed by atoms with van der Waals surface area (Å²) in [4.78, 5) is 2.39. The van der Waals surface area contributed by atoms with Gasteiger partial charge in [0.25, 0.3) is 0 Å². The van der Waals surface area contributed by atoms with E-state index >= 15 is 0 Å². The van der Waals surface area contributed by atoms with Gasteiger partial charge in [-0.25, -0.2) is 0 Å². The van der Waals surface area contributed by atoms with E-state index in [2.05, 4.69) is 43.1 Å². The quantitative estimate of drug-likeness (QED) is 0.845. The Bertz CT molecular complexity index is 341. The van der Waals surface area contributed by atoms with Crippen molar-refractivity contribution in [3.05, 3.63) is 35.9 Å². The molecule has 1 aliphatic rings. The van der Waals surface area contributed by atoms with E-state index in [1.54, 1.807) is 0 Å². The van der Waals surface area contributed by atoms with Gasteiger partial charge in [-0.05, 0) is 38.3 Å². The highest BCUT2D eigenvalue weighted by Gasteiger charge is 2.25. The Morgan fingerprint density at radius 1 is 1.29 bits per heavy atom. The number of nitrogens with two attached hydrogens (primary N) is 1. The molecule has 1 atom stereocenters. The Balaban J connectivity index is 1.91. The minimum atomic E-state index is -0.250. The molecule has 1 aliphatic carbocycles. The number of rotatable bonds is 5. The van der Waals surface area contributed by atoms with Crippen LogP contribution in [0.5, 0.6) is 0 Å². The second-order valence-electron chi connectivity index (χ2n) is 5.78. The van der Waals surface area contributed by atoms with Crippen LogP contribution in [0, 0.1) is 5.92 Å². The average molecular weight is 232 g/mol. The summed E-state index contributed by atoms with van der Waals surface area (Å²) in [7, 11) is 2.19. The summed E-state index contributed by atoms with van der Waals surface area (Å²) in [6.45, 7) is 4.24. The molecular weight excluding hydrogens is 208 g/mol. The highest BCUT2D eigenvalue weighted by atomic mass is 15.1. The van der Waals surface area contributed by atoms with Gasteiger partial charge in [0.2, 0.25) is 0 Å². The first kappa shape index (κ1) is 12.6. The predicted molar refractivity (Wildman–Crippen MR) is 72.8 cm³/mol. The summed E-state index contributed by atoms with van der Waals surface area (Å²) >= 11 is 0. The molecule has 1 saturated carbocycles. The largest absolute Gasteiger partial charge is 0.321 e. The van der Waals surface area contributed by atoms with Crippen LogP contribution in [0.3, 0.4) is 0 Å². The lowest BCUT2D eigenvalue weighted by atomic mass is 9.84. The molecule has 2 rings (SSSR count). The van der Waals surface area contributed by atoms with Gasteiger partial charge in [-0.3, -0.25) is 0 Å². The number of hydrogen-bond donors (Lipinski definition) is 1. The Kier molecular flexibility index (Phi) is 3.85. The highest BCUT2D eigenvalue weighted by Crippen LogP contribution is 2.27. The fourth-order valence-electron chi connectivity index (χ4n) is 2.65. The Labute approximate surface area is 105 Å². The lowest BCUT2D eigenvalue weighted by molar-refractivity contribution is 0.178. The van der Waals surface area contributed by atoms with Gasteiger partial charge in [-0.2, -0.15) is 0 Å². The molecule has 0 heterocycles. The average Bonchev–Trinajstić information content (AvgIpc) is 2.24. The molecule has 0 radical (unpaired) electrons. The van der Waals surface area contributed by atoms with Crippen molar-refractivity contribution in [3.63, 3.8) is 0 Å². The summed E-state index contributed by atoms with van der Waals surface area (Å²) < 4.78 is 0. The van der Waals surface area contributed by atoms with Crippen molar-refractivity contribution in [1.82, 2.24) is 4.90 Å². The van der Waals surface area contributed by atoms with Gasteiger partial charge in [0, 0.05) is 13.1 Å². The minimum absolute atomic E-state index is 0.250. The Hall–Kier alpha value is -0.860. The summed E-state index contributed by atoms with van der Waals surface area (Å²) in [5, 5.41) is 0. The molecule has 0 spiro atoms. The van der Waals surface area contributed by atoms with E-state index in [9.17, 15) is 0 Å². The van der Waals surface area contributed by atoms with Gasteiger partial charge in [-0.1, -0.05) is 36.8 Å². The van der Waals surface area contributed by atoms with Crippen LogP contribution in [-0.4, -0.2) is 25.0 Å². The lowest BCUT2D eigenvalue weighted by Crippen LogP contribution is -2.45. The first-order valence-electron chi connectivity index (χ1n) is 6.61. The minimum Gasteiger partial charge on any atom is -0.321 e. The van der Waals surface area contributed by atoms with Crippen LogP contribution < -0.4 is 5.73 Å². The smallest absolute Gasteiger partial charge is 0.0509 e. The summed E-state index contributed by atoms with van der Waals surface area (Å²) in [6.07, 6.45) is 4.21. The molecule has 2 N–H and O–H groups in total. The fraction of sp³-hybridized carbons (Fsp3) is 0.600. The van der Waals surface area contributed by atoms with Gasteiger partial charge in [0.1, 0.15) is 0 Å². The highest BCUT2D eigenvalue weighted by molar-refractivity contribution is 5.23. The van der Waals surface area contributed by atoms with E-state index < -0.39 is 0 Å². The molecular formula is C15H24N2. The van der Waals surface area contributed by atoms with Gasteiger partial charge in [-0.15, -0.1) is 0 Å². The zero-order chi connectivity index (χ0) is 12.3. The van der Waals surface area contributed by atoms with Crippen LogP contribution >= 0.6 is 0 Å². The van der Waals surface area contributed by atoms with Gasteiger partial charge < -0.3 is 10.6 Å². The van der Waals surface area contributed by atoms with E-state index in [1.807, 2.05) is 6.07 Å². The Morgan fingerprint density at radius 2 is 1.94 bits per heavy atom. The Morgan fingerprint density at radius 3 is 2.47 bits per heavy atom. The molecule has 1 aromatic rings. The van der Waals surface area contributed by atoms with Crippen molar-refractivity contribution in [2.45, 2.75) is 31.7 Å². The molecule has 0 bridgehead atoms. The van der Waals surface area contributed by atoms with E-state index in [4.69, 9.17) is 5.73 Å². The van der Waals surface area contributed by atoms with Crippen molar-refractivity contribution >= 4 is 0 Å². The molecule has 0 saturated heterocycles. The van der Waals surface area contributed by atoms with Crippen LogP contribution in [0.15, 0.2) is 30.3 Å². The molecule has 2 nitrogen and oxygen atoms in total. The zero-order valence-electron chi connectivity index (χ0n) is 11.0. The lowest BCUT2D eigenvalue weighted by Gasteiger charge is -2.35.